The highest BCUT2D eigenvalue weighted by atomic mass is 16.5. The molecule has 112 valence electrons. The van der Waals surface area contributed by atoms with Crippen molar-refractivity contribution in [1.82, 2.24) is 4.98 Å². The Morgan fingerprint density at radius 2 is 2.14 bits per heavy atom. The average Bonchev–Trinajstić information content (AvgIpc) is 2.55. The Morgan fingerprint density at radius 3 is 2.76 bits per heavy atom. The van der Waals surface area contributed by atoms with Crippen molar-refractivity contribution < 1.29 is 9.84 Å². The standard InChI is InChI=1S/C17H22N2O2/c1-3-6-16(15-7-4-5-10-18-15)19-14-8-9-17(21-2)13(11-14)12-20/h4-5,7-11,16,19-20H,3,6,12H2,1-2H3. The maximum atomic E-state index is 9.41. The van der Waals surface area contributed by atoms with E-state index in [2.05, 4.69) is 17.2 Å². The minimum Gasteiger partial charge on any atom is -0.496 e. The fraction of sp³-hybridized carbons (Fsp3) is 0.353. The molecule has 1 unspecified atom stereocenters. The van der Waals surface area contributed by atoms with Gasteiger partial charge in [0.2, 0.25) is 0 Å². The van der Waals surface area contributed by atoms with Gasteiger partial charge in [-0.25, -0.2) is 0 Å². The van der Waals surface area contributed by atoms with Crippen molar-refractivity contribution in [2.45, 2.75) is 32.4 Å². The molecule has 0 aliphatic carbocycles. The molecule has 21 heavy (non-hydrogen) atoms. The molecule has 0 fully saturated rings. The van der Waals surface area contributed by atoms with Crippen molar-refractivity contribution in [2.75, 3.05) is 12.4 Å². The lowest BCUT2D eigenvalue weighted by molar-refractivity contribution is 0.274. The Labute approximate surface area is 125 Å². The minimum atomic E-state index is -0.0409. The van der Waals surface area contributed by atoms with Gasteiger partial charge in [-0.05, 0) is 36.8 Å². The molecule has 0 aliphatic heterocycles. The van der Waals surface area contributed by atoms with Gasteiger partial charge in [0.25, 0.3) is 0 Å². The Balaban J connectivity index is 2.21. The molecule has 0 aliphatic rings. The monoisotopic (exact) mass is 286 g/mol. The van der Waals surface area contributed by atoms with Gasteiger partial charge in [-0.1, -0.05) is 19.4 Å². The van der Waals surface area contributed by atoms with Gasteiger partial charge in [-0.15, -0.1) is 0 Å². The molecule has 0 radical (unpaired) electrons. The highest BCUT2D eigenvalue weighted by molar-refractivity contribution is 5.52. The van der Waals surface area contributed by atoms with E-state index in [1.807, 2.05) is 42.6 Å². The summed E-state index contributed by atoms with van der Waals surface area (Å²) >= 11 is 0. The summed E-state index contributed by atoms with van der Waals surface area (Å²) in [5, 5.41) is 12.9. The lowest BCUT2D eigenvalue weighted by atomic mass is 10.1. The number of benzene rings is 1. The molecule has 2 N–H and O–H groups in total. The molecular formula is C17H22N2O2. The van der Waals surface area contributed by atoms with Crippen molar-refractivity contribution in [3.8, 4) is 5.75 Å². The molecule has 4 heteroatoms. The van der Waals surface area contributed by atoms with Crippen LogP contribution in [0.25, 0.3) is 0 Å². The normalized spacial score (nSPS) is 12.0. The van der Waals surface area contributed by atoms with E-state index in [1.165, 1.54) is 0 Å². The van der Waals surface area contributed by atoms with Crippen LogP contribution in [0, 0.1) is 0 Å². The van der Waals surface area contributed by atoms with Crippen molar-refractivity contribution in [2.24, 2.45) is 0 Å². The number of hydrogen-bond donors (Lipinski definition) is 2. The van der Waals surface area contributed by atoms with Crippen molar-refractivity contribution in [3.63, 3.8) is 0 Å². The van der Waals surface area contributed by atoms with E-state index >= 15 is 0 Å². The van der Waals surface area contributed by atoms with Gasteiger partial charge < -0.3 is 15.2 Å². The maximum Gasteiger partial charge on any atom is 0.124 e. The van der Waals surface area contributed by atoms with Crippen LogP contribution in [0.5, 0.6) is 5.75 Å². The highest BCUT2D eigenvalue weighted by Gasteiger charge is 2.12. The topological polar surface area (TPSA) is 54.4 Å². The number of aliphatic hydroxyl groups excluding tert-OH is 1. The molecule has 1 aromatic carbocycles. The summed E-state index contributed by atoms with van der Waals surface area (Å²) in [5.41, 5.74) is 2.77. The Morgan fingerprint density at radius 1 is 1.29 bits per heavy atom. The van der Waals surface area contributed by atoms with E-state index < -0.39 is 0 Å². The number of anilines is 1. The second-order valence-electron chi connectivity index (χ2n) is 4.92. The zero-order chi connectivity index (χ0) is 15.1. The van der Waals surface area contributed by atoms with Crippen LogP contribution in [-0.2, 0) is 6.61 Å². The van der Waals surface area contributed by atoms with Gasteiger partial charge in [0.15, 0.2) is 0 Å². The Hall–Kier alpha value is -2.07. The summed E-state index contributed by atoms with van der Waals surface area (Å²) in [7, 11) is 1.61. The van der Waals surface area contributed by atoms with Gasteiger partial charge in [-0.3, -0.25) is 4.98 Å². The van der Waals surface area contributed by atoms with E-state index in [0.717, 1.165) is 29.8 Å². The van der Waals surface area contributed by atoms with Crippen LogP contribution >= 0.6 is 0 Å². The van der Waals surface area contributed by atoms with E-state index in [1.54, 1.807) is 7.11 Å². The van der Waals surface area contributed by atoms with Crippen LogP contribution in [0.15, 0.2) is 42.6 Å². The first kappa shape index (κ1) is 15.3. The summed E-state index contributed by atoms with van der Waals surface area (Å²) < 4.78 is 5.23. The third-order valence-electron chi connectivity index (χ3n) is 3.41. The van der Waals surface area contributed by atoms with Crippen LogP contribution < -0.4 is 10.1 Å². The van der Waals surface area contributed by atoms with Crippen molar-refractivity contribution in [1.29, 1.82) is 0 Å². The molecule has 0 saturated heterocycles. The van der Waals surface area contributed by atoms with E-state index in [-0.39, 0.29) is 12.6 Å². The minimum absolute atomic E-state index is 0.0409. The second kappa shape index (κ2) is 7.64. The average molecular weight is 286 g/mol. The number of nitrogens with one attached hydrogen (secondary N) is 1. The summed E-state index contributed by atoms with van der Waals surface area (Å²) in [6.45, 7) is 2.12. The lowest BCUT2D eigenvalue weighted by Gasteiger charge is -2.20. The van der Waals surface area contributed by atoms with Crippen LogP contribution in [0.3, 0.4) is 0 Å². The van der Waals surface area contributed by atoms with Crippen LogP contribution in [0.1, 0.15) is 37.1 Å². The SMILES string of the molecule is CCCC(Nc1ccc(OC)c(CO)c1)c1ccccn1. The summed E-state index contributed by atoms with van der Waals surface area (Å²) in [6.07, 6.45) is 3.88. The van der Waals surface area contributed by atoms with E-state index in [0.29, 0.717) is 5.75 Å². The molecule has 0 bridgehead atoms. The van der Waals surface area contributed by atoms with Gasteiger partial charge in [0.05, 0.1) is 25.5 Å². The number of rotatable bonds is 7. The number of hydrogen-bond acceptors (Lipinski definition) is 4. The molecule has 2 aromatic rings. The zero-order valence-corrected chi connectivity index (χ0v) is 12.5. The molecule has 0 saturated carbocycles. The highest BCUT2D eigenvalue weighted by Crippen LogP contribution is 2.27. The molecule has 0 amide bonds. The number of aromatic nitrogens is 1. The fourth-order valence-corrected chi connectivity index (χ4v) is 2.36. The molecule has 1 atom stereocenters. The molecule has 0 spiro atoms. The molecule has 1 heterocycles. The van der Waals surface area contributed by atoms with Crippen molar-refractivity contribution >= 4 is 5.69 Å². The van der Waals surface area contributed by atoms with Gasteiger partial charge >= 0.3 is 0 Å². The van der Waals surface area contributed by atoms with E-state index in [9.17, 15) is 5.11 Å². The third kappa shape index (κ3) is 3.95. The first-order valence-corrected chi connectivity index (χ1v) is 7.23. The van der Waals surface area contributed by atoms with Crippen molar-refractivity contribution in [3.05, 3.63) is 53.9 Å². The summed E-state index contributed by atoms with van der Waals surface area (Å²) in [6, 6.07) is 11.9. The van der Waals surface area contributed by atoms with Crippen LogP contribution in [-0.4, -0.2) is 17.2 Å². The number of methoxy groups -OCH3 is 1. The Kier molecular flexibility index (Phi) is 5.58. The second-order valence-corrected chi connectivity index (χ2v) is 4.92. The quantitative estimate of drug-likeness (QED) is 0.817. The fourth-order valence-electron chi connectivity index (χ4n) is 2.36. The van der Waals surface area contributed by atoms with Gasteiger partial charge in [-0.2, -0.15) is 0 Å². The largest absolute Gasteiger partial charge is 0.496 e. The molecular weight excluding hydrogens is 264 g/mol. The molecule has 4 nitrogen and oxygen atoms in total. The zero-order valence-electron chi connectivity index (χ0n) is 12.5. The smallest absolute Gasteiger partial charge is 0.124 e. The van der Waals surface area contributed by atoms with Gasteiger partial charge in [0.1, 0.15) is 5.75 Å². The summed E-state index contributed by atoms with van der Waals surface area (Å²) in [4.78, 5) is 4.43. The molecule has 1 aromatic heterocycles. The van der Waals surface area contributed by atoms with Crippen LogP contribution in [0.2, 0.25) is 0 Å². The number of nitrogens with zero attached hydrogens (tertiary/aromatic N) is 1. The number of aliphatic hydroxyl groups is 1. The predicted octanol–water partition coefficient (Wildman–Crippen LogP) is 3.54. The first-order chi connectivity index (χ1) is 10.3. The van der Waals surface area contributed by atoms with Crippen LogP contribution in [0.4, 0.5) is 5.69 Å². The third-order valence-corrected chi connectivity index (χ3v) is 3.41. The summed E-state index contributed by atoms with van der Waals surface area (Å²) in [5.74, 6) is 0.702. The Bertz CT molecular complexity index is 558. The molecule has 2 rings (SSSR count). The van der Waals surface area contributed by atoms with Gasteiger partial charge in [0, 0.05) is 17.4 Å². The first-order valence-electron chi connectivity index (χ1n) is 7.23. The van der Waals surface area contributed by atoms with E-state index in [4.69, 9.17) is 4.74 Å². The number of pyridine rings is 1. The predicted molar refractivity (Wildman–Crippen MR) is 84.4 cm³/mol. The maximum absolute atomic E-state index is 9.41. The number of ether oxygens (including phenoxy) is 1. The lowest BCUT2D eigenvalue weighted by Crippen LogP contribution is -2.12.